The van der Waals surface area contributed by atoms with Crippen LogP contribution in [-0.2, 0) is 0 Å². The van der Waals surface area contributed by atoms with Gasteiger partial charge in [-0.2, -0.15) is 0 Å². The molecule has 1 aromatic carbocycles. The van der Waals surface area contributed by atoms with Crippen molar-refractivity contribution >= 4 is 43.2 Å². The van der Waals surface area contributed by atoms with Crippen molar-refractivity contribution in [2.45, 2.75) is 11.8 Å². The summed E-state index contributed by atoms with van der Waals surface area (Å²) in [6.07, 6.45) is 0. The normalized spacial score (nSPS) is 12.4. The molecule has 0 amide bonds. The van der Waals surface area contributed by atoms with E-state index in [-0.39, 0.29) is 4.83 Å². The van der Waals surface area contributed by atoms with Crippen LogP contribution < -0.4 is 4.74 Å². The Labute approximate surface area is 122 Å². The average molecular weight is 376 g/mol. The third-order valence-electron chi connectivity index (χ3n) is 2.34. The summed E-state index contributed by atoms with van der Waals surface area (Å²) in [5.41, 5.74) is 1.16. The minimum atomic E-state index is 0.182. The molecule has 1 unspecified atom stereocenters. The Bertz CT molecular complexity index is 482. The molecule has 0 fully saturated rings. The number of thiophene rings is 1. The molecule has 0 N–H and O–H groups in total. The minimum Gasteiger partial charge on any atom is -0.494 e. The molecule has 0 spiro atoms. The SMILES string of the molecule is CCOc1ccc(Br)cc1C(Br)c1cccs1. The summed E-state index contributed by atoms with van der Waals surface area (Å²) in [6.45, 7) is 2.68. The van der Waals surface area contributed by atoms with Crippen LogP contribution in [0.5, 0.6) is 5.75 Å². The first-order chi connectivity index (χ1) is 8.22. The van der Waals surface area contributed by atoms with Crippen LogP contribution in [0, 0.1) is 0 Å². The van der Waals surface area contributed by atoms with Gasteiger partial charge in [-0.25, -0.2) is 0 Å². The molecule has 4 heteroatoms. The highest BCUT2D eigenvalue weighted by molar-refractivity contribution is 9.10. The van der Waals surface area contributed by atoms with Gasteiger partial charge in [0.15, 0.2) is 0 Å². The fraction of sp³-hybridized carbons (Fsp3) is 0.231. The molecule has 0 aliphatic heterocycles. The van der Waals surface area contributed by atoms with E-state index in [1.807, 2.05) is 19.1 Å². The second-order valence-electron chi connectivity index (χ2n) is 3.49. The van der Waals surface area contributed by atoms with E-state index >= 15 is 0 Å². The van der Waals surface area contributed by atoms with Crippen LogP contribution in [0.2, 0.25) is 0 Å². The number of ether oxygens (including phenoxy) is 1. The van der Waals surface area contributed by atoms with E-state index < -0.39 is 0 Å². The molecule has 1 nitrogen and oxygen atoms in total. The average Bonchev–Trinajstić information content (AvgIpc) is 2.84. The number of hydrogen-bond donors (Lipinski definition) is 0. The number of rotatable bonds is 4. The zero-order valence-electron chi connectivity index (χ0n) is 9.32. The van der Waals surface area contributed by atoms with Crippen molar-refractivity contribution in [3.8, 4) is 5.75 Å². The van der Waals surface area contributed by atoms with E-state index in [1.54, 1.807) is 11.3 Å². The van der Waals surface area contributed by atoms with Gasteiger partial charge in [0.05, 0.1) is 11.4 Å². The van der Waals surface area contributed by atoms with Crippen LogP contribution in [0.4, 0.5) is 0 Å². The molecule has 2 aromatic rings. The van der Waals surface area contributed by atoms with Crippen molar-refractivity contribution in [3.63, 3.8) is 0 Å². The minimum absolute atomic E-state index is 0.182. The molecule has 17 heavy (non-hydrogen) atoms. The van der Waals surface area contributed by atoms with Crippen molar-refractivity contribution in [2.24, 2.45) is 0 Å². The topological polar surface area (TPSA) is 9.23 Å². The van der Waals surface area contributed by atoms with Gasteiger partial charge in [0, 0.05) is 14.9 Å². The Morgan fingerprint density at radius 2 is 2.18 bits per heavy atom. The van der Waals surface area contributed by atoms with Gasteiger partial charge in [0.1, 0.15) is 5.75 Å². The zero-order valence-corrected chi connectivity index (χ0v) is 13.3. The Morgan fingerprint density at radius 1 is 1.35 bits per heavy atom. The Morgan fingerprint density at radius 3 is 2.82 bits per heavy atom. The predicted octanol–water partition coefficient (Wildman–Crippen LogP) is 5.39. The molecule has 1 heterocycles. The highest BCUT2D eigenvalue weighted by Gasteiger charge is 2.16. The maximum atomic E-state index is 5.66. The summed E-state index contributed by atoms with van der Waals surface area (Å²) in [5.74, 6) is 0.936. The van der Waals surface area contributed by atoms with Gasteiger partial charge < -0.3 is 4.74 Å². The van der Waals surface area contributed by atoms with Gasteiger partial charge in [-0.3, -0.25) is 0 Å². The highest BCUT2D eigenvalue weighted by Crippen LogP contribution is 2.39. The molecule has 90 valence electrons. The molecule has 2 rings (SSSR count). The van der Waals surface area contributed by atoms with E-state index in [0.717, 1.165) is 15.8 Å². The Hall–Kier alpha value is -0.320. The van der Waals surface area contributed by atoms with Crippen LogP contribution in [0.15, 0.2) is 40.2 Å². The van der Waals surface area contributed by atoms with E-state index in [9.17, 15) is 0 Å². The van der Waals surface area contributed by atoms with Gasteiger partial charge in [0.25, 0.3) is 0 Å². The van der Waals surface area contributed by atoms with Crippen molar-refractivity contribution in [3.05, 3.63) is 50.6 Å². The van der Waals surface area contributed by atoms with Crippen LogP contribution in [0.1, 0.15) is 22.2 Å². The third-order valence-corrected chi connectivity index (χ3v) is 5.06. The van der Waals surface area contributed by atoms with Crippen LogP contribution in [0.3, 0.4) is 0 Å². The highest BCUT2D eigenvalue weighted by atomic mass is 79.9. The van der Waals surface area contributed by atoms with Crippen LogP contribution in [-0.4, -0.2) is 6.61 Å². The van der Waals surface area contributed by atoms with Crippen molar-refractivity contribution in [1.82, 2.24) is 0 Å². The zero-order chi connectivity index (χ0) is 12.3. The smallest absolute Gasteiger partial charge is 0.124 e. The van der Waals surface area contributed by atoms with Crippen molar-refractivity contribution < 1.29 is 4.74 Å². The standard InChI is InChI=1S/C13H12Br2OS/c1-2-16-11-6-5-9(14)8-10(11)13(15)12-4-3-7-17-12/h3-8,13H,2H2,1H3. The fourth-order valence-corrected chi connectivity index (χ4v) is 3.52. The molecule has 0 aliphatic rings. The first-order valence-electron chi connectivity index (χ1n) is 5.32. The monoisotopic (exact) mass is 374 g/mol. The number of benzene rings is 1. The molecular weight excluding hydrogens is 364 g/mol. The second kappa shape index (κ2) is 6.03. The van der Waals surface area contributed by atoms with Crippen molar-refractivity contribution in [2.75, 3.05) is 6.61 Å². The molecule has 1 atom stereocenters. The number of halogens is 2. The summed E-state index contributed by atoms with van der Waals surface area (Å²) in [4.78, 5) is 1.46. The lowest BCUT2D eigenvalue weighted by Gasteiger charge is -2.14. The first-order valence-corrected chi connectivity index (χ1v) is 7.91. The van der Waals surface area contributed by atoms with E-state index in [1.165, 1.54) is 4.88 Å². The van der Waals surface area contributed by atoms with Crippen LogP contribution in [0.25, 0.3) is 0 Å². The van der Waals surface area contributed by atoms with E-state index in [2.05, 4.69) is 55.4 Å². The summed E-state index contributed by atoms with van der Waals surface area (Å²) in [6, 6.07) is 10.3. The first kappa shape index (κ1) is 13.1. The van der Waals surface area contributed by atoms with Crippen molar-refractivity contribution in [1.29, 1.82) is 0 Å². The quantitative estimate of drug-likeness (QED) is 0.650. The lowest BCUT2D eigenvalue weighted by Crippen LogP contribution is -1.98. The molecule has 0 radical (unpaired) electrons. The Balaban J connectivity index is 2.38. The predicted molar refractivity (Wildman–Crippen MR) is 80.4 cm³/mol. The molecular formula is C13H12Br2OS. The second-order valence-corrected chi connectivity index (χ2v) is 6.30. The van der Waals surface area contributed by atoms with E-state index in [0.29, 0.717) is 6.61 Å². The summed E-state index contributed by atoms with van der Waals surface area (Å²) in [5, 5.41) is 2.09. The summed E-state index contributed by atoms with van der Waals surface area (Å²) in [7, 11) is 0. The van der Waals surface area contributed by atoms with Crippen LogP contribution >= 0.6 is 43.2 Å². The van der Waals surface area contributed by atoms with E-state index in [4.69, 9.17) is 4.74 Å². The number of hydrogen-bond acceptors (Lipinski definition) is 2. The summed E-state index contributed by atoms with van der Waals surface area (Å²) < 4.78 is 6.73. The number of alkyl halides is 1. The lowest BCUT2D eigenvalue weighted by molar-refractivity contribution is 0.337. The van der Waals surface area contributed by atoms with Gasteiger partial charge in [-0.05, 0) is 36.6 Å². The lowest BCUT2D eigenvalue weighted by atomic mass is 10.1. The molecule has 0 saturated carbocycles. The molecule has 0 saturated heterocycles. The van der Waals surface area contributed by atoms with Gasteiger partial charge >= 0.3 is 0 Å². The molecule has 0 bridgehead atoms. The fourth-order valence-electron chi connectivity index (χ4n) is 1.59. The largest absolute Gasteiger partial charge is 0.494 e. The third kappa shape index (κ3) is 3.12. The maximum absolute atomic E-state index is 5.66. The van der Waals surface area contributed by atoms with Gasteiger partial charge in [-0.1, -0.05) is 37.9 Å². The van der Waals surface area contributed by atoms with Gasteiger partial charge in [-0.15, -0.1) is 11.3 Å². The Kier molecular flexibility index (Phi) is 4.65. The summed E-state index contributed by atoms with van der Waals surface area (Å²) >= 11 is 8.98. The molecule has 1 aromatic heterocycles. The maximum Gasteiger partial charge on any atom is 0.124 e. The van der Waals surface area contributed by atoms with Gasteiger partial charge in [0.2, 0.25) is 0 Å². The molecule has 0 aliphatic carbocycles.